The van der Waals surface area contributed by atoms with E-state index in [0.717, 1.165) is 11.1 Å². The summed E-state index contributed by atoms with van der Waals surface area (Å²) in [6.07, 6.45) is -0.567. The van der Waals surface area contributed by atoms with E-state index in [1.807, 2.05) is 6.92 Å². The first-order valence-electron chi connectivity index (χ1n) is 12.0. The Kier molecular flexibility index (Phi) is 6.31. The Balaban J connectivity index is 1.81. The lowest BCUT2D eigenvalue weighted by atomic mass is 9.74. The minimum absolute atomic E-state index is 0.0918. The minimum atomic E-state index is -0.567. The molecule has 5 rings (SSSR count). The van der Waals surface area contributed by atoms with Crippen molar-refractivity contribution in [3.63, 3.8) is 0 Å². The van der Waals surface area contributed by atoms with Gasteiger partial charge in [-0.1, -0.05) is 24.3 Å². The zero-order valence-electron chi connectivity index (χ0n) is 20.1. The van der Waals surface area contributed by atoms with Crippen molar-refractivity contribution in [2.24, 2.45) is 0 Å². The summed E-state index contributed by atoms with van der Waals surface area (Å²) in [6.45, 7) is 2.24. The van der Waals surface area contributed by atoms with Crippen LogP contribution in [0.3, 0.4) is 0 Å². The molecule has 7 heteroatoms. The third kappa shape index (κ3) is 4.49. The van der Waals surface area contributed by atoms with Gasteiger partial charge in [0.25, 0.3) is 0 Å². The number of benzene rings is 4. The van der Waals surface area contributed by atoms with Gasteiger partial charge in [-0.05, 0) is 71.6 Å². The molecule has 0 fully saturated rings. The summed E-state index contributed by atoms with van der Waals surface area (Å²) in [7, 11) is 0. The lowest BCUT2D eigenvalue weighted by molar-refractivity contribution is 0.0362. The van der Waals surface area contributed by atoms with Gasteiger partial charge in [-0.15, -0.1) is 0 Å². The van der Waals surface area contributed by atoms with Crippen LogP contribution in [-0.4, -0.2) is 37.2 Å². The molecule has 6 N–H and O–H groups in total. The molecular weight excluding hydrogens is 472 g/mol. The molecule has 37 heavy (non-hydrogen) atoms. The average molecular weight is 501 g/mol. The maximum atomic E-state index is 11.1. The topological polar surface area (TPSA) is 131 Å². The SMILES string of the molecule is CCOC(c1ccc(O)cc1)[C@H]1c2cc(O)cc(O)c2[C@@H](c2ccc(O)cc2)[C@@H]1c1cc(O)cc(O)c1. The Labute approximate surface area is 214 Å². The van der Waals surface area contributed by atoms with Crippen molar-refractivity contribution in [2.75, 3.05) is 6.61 Å². The van der Waals surface area contributed by atoms with E-state index in [2.05, 4.69) is 0 Å². The second-order valence-corrected chi connectivity index (χ2v) is 9.34. The van der Waals surface area contributed by atoms with Crippen molar-refractivity contribution < 1.29 is 35.4 Å². The van der Waals surface area contributed by atoms with E-state index in [-0.39, 0.29) is 34.5 Å². The second-order valence-electron chi connectivity index (χ2n) is 9.34. The Hall–Kier alpha value is -4.36. The van der Waals surface area contributed by atoms with Gasteiger partial charge in [-0.25, -0.2) is 0 Å². The van der Waals surface area contributed by atoms with Gasteiger partial charge in [0.15, 0.2) is 0 Å². The van der Waals surface area contributed by atoms with Gasteiger partial charge < -0.3 is 35.4 Å². The lowest BCUT2D eigenvalue weighted by Crippen LogP contribution is -2.20. The molecule has 0 aliphatic heterocycles. The van der Waals surface area contributed by atoms with Gasteiger partial charge in [0, 0.05) is 42.1 Å². The Morgan fingerprint density at radius 3 is 1.81 bits per heavy atom. The monoisotopic (exact) mass is 500 g/mol. The zero-order valence-corrected chi connectivity index (χ0v) is 20.1. The highest BCUT2D eigenvalue weighted by molar-refractivity contribution is 5.61. The molecule has 190 valence electrons. The zero-order chi connectivity index (χ0) is 26.3. The van der Waals surface area contributed by atoms with Crippen LogP contribution in [0.5, 0.6) is 34.5 Å². The molecule has 0 saturated carbocycles. The highest BCUT2D eigenvalue weighted by Gasteiger charge is 2.48. The van der Waals surface area contributed by atoms with Crippen LogP contribution in [0.25, 0.3) is 0 Å². The molecule has 4 aromatic carbocycles. The summed E-state index contributed by atoms with van der Waals surface area (Å²) in [4.78, 5) is 0. The predicted molar refractivity (Wildman–Crippen MR) is 137 cm³/mol. The first-order valence-corrected chi connectivity index (χ1v) is 12.0. The van der Waals surface area contributed by atoms with Crippen molar-refractivity contribution in [1.29, 1.82) is 0 Å². The van der Waals surface area contributed by atoms with Crippen LogP contribution >= 0.6 is 0 Å². The van der Waals surface area contributed by atoms with Gasteiger partial charge in [-0.3, -0.25) is 0 Å². The molecule has 4 aromatic rings. The second kappa shape index (κ2) is 9.59. The fourth-order valence-electron chi connectivity index (χ4n) is 5.71. The number of fused-ring (bicyclic) bond motifs is 1. The van der Waals surface area contributed by atoms with Crippen molar-refractivity contribution in [3.8, 4) is 34.5 Å². The van der Waals surface area contributed by atoms with Crippen LogP contribution in [0, 0.1) is 0 Å². The van der Waals surface area contributed by atoms with E-state index in [1.54, 1.807) is 66.7 Å². The van der Waals surface area contributed by atoms with E-state index in [0.29, 0.717) is 23.3 Å². The molecule has 1 aliphatic carbocycles. The maximum Gasteiger partial charge on any atom is 0.123 e. The van der Waals surface area contributed by atoms with Crippen molar-refractivity contribution in [2.45, 2.75) is 30.8 Å². The summed E-state index contributed by atoms with van der Waals surface area (Å²) >= 11 is 0. The molecule has 4 atom stereocenters. The maximum absolute atomic E-state index is 11.1. The number of hydrogen-bond donors (Lipinski definition) is 6. The molecule has 0 bridgehead atoms. The summed E-state index contributed by atoms with van der Waals surface area (Å²) in [6, 6.07) is 20.7. The van der Waals surface area contributed by atoms with E-state index in [1.165, 1.54) is 12.1 Å². The Morgan fingerprint density at radius 1 is 0.649 bits per heavy atom. The highest BCUT2D eigenvalue weighted by atomic mass is 16.5. The molecular formula is C30H28O7. The van der Waals surface area contributed by atoms with Crippen molar-refractivity contribution in [1.82, 2.24) is 0 Å². The van der Waals surface area contributed by atoms with Gasteiger partial charge in [0.2, 0.25) is 0 Å². The summed E-state index contributed by atoms with van der Waals surface area (Å²) in [5.74, 6) is -1.63. The summed E-state index contributed by atoms with van der Waals surface area (Å²) in [5.41, 5.74) is 3.43. The minimum Gasteiger partial charge on any atom is -0.508 e. The van der Waals surface area contributed by atoms with E-state index >= 15 is 0 Å². The normalized spacial score (nSPS) is 19.4. The van der Waals surface area contributed by atoms with Crippen LogP contribution < -0.4 is 0 Å². The smallest absolute Gasteiger partial charge is 0.123 e. The molecule has 0 radical (unpaired) electrons. The predicted octanol–water partition coefficient (Wildman–Crippen LogP) is 5.71. The summed E-state index contributed by atoms with van der Waals surface area (Å²) in [5, 5.41) is 62.2. The van der Waals surface area contributed by atoms with Gasteiger partial charge >= 0.3 is 0 Å². The van der Waals surface area contributed by atoms with Crippen molar-refractivity contribution >= 4 is 0 Å². The molecule has 0 saturated heterocycles. The number of hydrogen-bond acceptors (Lipinski definition) is 7. The van der Waals surface area contributed by atoms with Crippen LogP contribution in [0.2, 0.25) is 0 Å². The van der Waals surface area contributed by atoms with Crippen LogP contribution in [0.15, 0.2) is 78.9 Å². The van der Waals surface area contributed by atoms with Gasteiger partial charge in [0.05, 0.1) is 6.10 Å². The van der Waals surface area contributed by atoms with E-state index in [9.17, 15) is 30.6 Å². The number of phenols is 6. The molecule has 7 nitrogen and oxygen atoms in total. The highest BCUT2D eigenvalue weighted by Crippen LogP contribution is 2.62. The molecule has 1 unspecified atom stereocenters. The quantitative estimate of drug-likeness (QED) is 0.200. The van der Waals surface area contributed by atoms with E-state index < -0.39 is 23.9 Å². The number of aromatic hydroxyl groups is 6. The fraction of sp³-hybridized carbons (Fsp3) is 0.200. The number of rotatable bonds is 6. The Morgan fingerprint density at radius 2 is 1.22 bits per heavy atom. The third-order valence-corrected chi connectivity index (χ3v) is 7.05. The first-order chi connectivity index (χ1) is 17.8. The summed E-state index contributed by atoms with van der Waals surface area (Å²) < 4.78 is 6.29. The third-order valence-electron chi connectivity index (χ3n) is 7.05. The fourth-order valence-corrected chi connectivity index (χ4v) is 5.71. The standard InChI is InChI=1S/C30H28O7/c1-2-37-30(17-5-9-20(32)10-6-17)29-24-14-23(35)15-25(36)28(24)26(16-3-7-19(31)8-4-16)27(29)18-11-21(33)13-22(34)12-18/h3-15,26-27,29-36H,2H2,1H3/t26-,27-,29-,30?/m0/s1. The first kappa shape index (κ1) is 24.3. The molecule has 0 amide bonds. The molecule has 0 spiro atoms. The van der Waals surface area contributed by atoms with Crippen molar-refractivity contribution in [3.05, 3.63) is 107 Å². The van der Waals surface area contributed by atoms with E-state index in [4.69, 9.17) is 4.74 Å². The largest absolute Gasteiger partial charge is 0.508 e. The molecule has 1 aliphatic rings. The lowest BCUT2D eigenvalue weighted by Gasteiger charge is -2.33. The van der Waals surface area contributed by atoms with Crippen LogP contribution in [0.1, 0.15) is 58.6 Å². The molecule has 0 aromatic heterocycles. The Bertz CT molecular complexity index is 1390. The molecule has 0 heterocycles. The van der Waals surface area contributed by atoms with Gasteiger partial charge in [-0.2, -0.15) is 0 Å². The average Bonchev–Trinajstić information content (AvgIpc) is 3.18. The van der Waals surface area contributed by atoms with Crippen LogP contribution in [-0.2, 0) is 4.74 Å². The number of ether oxygens (including phenoxy) is 1. The van der Waals surface area contributed by atoms with Crippen LogP contribution in [0.4, 0.5) is 0 Å². The van der Waals surface area contributed by atoms with Gasteiger partial charge in [0.1, 0.15) is 34.5 Å². The number of phenolic OH excluding ortho intramolecular Hbond substituents is 6.